The third kappa shape index (κ3) is 5.87. The molecule has 0 unspecified atom stereocenters. The number of H-pyrrole nitrogens is 1. The molecule has 0 aliphatic rings. The van der Waals surface area contributed by atoms with Crippen molar-refractivity contribution in [3.8, 4) is 17.2 Å². The molecule has 0 radical (unpaired) electrons. The van der Waals surface area contributed by atoms with Crippen LogP contribution in [0.3, 0.4) is 0 Å². The van der Waals surface area contributed by atoms with Crippen LogP contribution in [0.5, 0.6) is 17.2 Å². The number of aliphatic hydroxyl groups is 1. The van der Waals surface area contributed by atoms with Gasteiger partial charge in [-0.15, -0.1) is 0 Å². The van der Waals surface area contributed by atoms with Crippen molar-refractivity contribution in [2.75, 3.05) is 26.3 Å². The maximum Gasteiger partial charge on any atom is 0.341 e. The Labute approximate surface area is 167 Å². The standard InChI is InChI=1S/C21H24N2O6/c24-15-4-6-17(7-5-15)28-12-16(25)11-22-9-8-14-10-23-21-18(14)2-1-3-19(21)29-13-20(26)27/h1-7,10,16,22-25H,8-9,11-13H2,(H,26,27)/t16-/m0/s1. The molecule has 0 saturated carbocycles. The van der Waals surface area contributed by atoms with Crippen molar-refractivity contribution < 1.29 is 29.6 Å². The fourth-order valence-corrected chi connectivity index (χ4v) is 2.94. The number of phenols is 1. The fourth-order valence-electron chi connectivity index (χ4n) is 2.94. The van der Waals surface area contributed by atoms with Gasteiger partial charge in [-0.2, -0.15) is 0 Å². The van der Waals surface area contributed by atoms with E-state index in [9.17, 15) is 15.0 Å². The molecule has 0 bridgehead atoms. The Morgan fingerprint density at radius 3 is 2.69 bits per heavy atom. The smallest absolute Gasteiger partial charge is 0.341 e. The lowest BCUT2D eigenvalue weighted by Gasteiger charge is -2.13. The summed E-state index contributed by atoms with van der Waals surface area (Å²) in [6.45, 7) is 0.797. The van der Waals surface area contributed by atoms with Crippen LogP contribution < -0.4 is 14.8 Å². The van der Waals surface area contributed by atoms with Crippen LogP contribution >= 0.6 is 0 Å². The zero-order chi connectivity index (χ0) is 20.6. The van der Waals surface area contributed by atoms with E-state index in [0.717, 1.165) is 22.9 Å². The number of rotatable bonds is 11. The molecule has 2 aromatic carbocycles. The average Bonchev–Trinajstić information content (AvgIpc) is 3.13. The average molecular weight is 400 g/mol. The highest BCUT2D eigenvalue weighted by atomic mass is 16.5. The summed E-state index contributed by atoms with van der Waals surface area (Å²) in [7, 11) is 0. The van der Waals surface area contributed by atoms with E-state index < -0.39 is 12.1 Å². The topological polar surface area (TPSA) is 124 Å². The molecule has 0 saturated heterocycles. The number of carboxylic acid groups (broad SMARTS) is 1. The van der Waals surface area contributed by atoms with Gasteiger partial charge in [0, 0.05) is 18.1 Å². The molecular weight excluding hydrogens is 376 g/mol. The van der Waals surface area contributed by atoms with Crippen molar-refractivity contribution >= 4 is 16.9 Å². The number of nitrogens with one attached hydrogen (secondary N) is 2. The number of carbonyl (C=O) groups is 1. The lowest BCUT2D eigenvalue weighted by Crippen LogP contribution is -2.32. The first-order chi connectivity index (χ1) is 14.0. The fraction of sp³-hybridized carbons (Fsp3) is 0.286. The first-order valence-electron chi connectivity index (χ1n) is 9.27. The van der Waals surface area contributed by atoms with Gasteiger partial charge in [0.15, 0.2) is 6.61 Å². The minimum atomic E-state index is -1.02. The number of aliphatic carboxylic acids is 1. The molecule has 3 aromatic rings. The largest absolute Gasteiger partial charge is 0.508 e. The van der Waals surface area contributed by atoms with Crippen LogP contribution in [0, 0.1) is 0 Å². The predicted octanol–water partition coefficient (Wildman–Crippen LogP) is 1.91. The molecule has 8 heteroatoms. The zero-order valence-corrected chi connectivity index (χ0v) is 15.8. The highest BCUT2D eigenvalue weighted by Crippen LogP contribution is 2.27. The summed E-state index contributed by atoms with van der Waals surface area (Å²) < 4.78 is 10.8. The number of para-hydroxylation sites is 1. The molecule has 29 heavy (non-hydrogen) atoms. The van der Waals surface area contributed by atoms with Gasteiger partial charge in [-0.25, -0.2) is 4.79 Å². The van der Waals surface area contributed by atoms with Crippen molar-refractivity contribution in [3.05, 3.63) is 54.2 Å². The zero-order valence-electron chi connectivity index (χ0n) is 15.8. The van der Waals surface area contributed by atoms with E-state index in [-0.39, 0.29) is 19.0 Å². The normalized spacial score (nSPS) is 12.0. The molecule has 154 valence electrons. The molecule has 1 heterocycles. The molecule has 3 rings (SSSR count). The first kappa shape index (κ1) is 20.5. The van der Waals surface area contributed by atoms with Crippen molar-refractivity contribution in [2.24, 2.45) is 0 Å². The van der Waals surface area contributed by atoms with Gasteiger partial charge < -0.3 is 35.1 Å². The number of aromatic amines is 1. The molecule has 0 aliphatic carbocycles. The Hall–Kier alpha value is -3.23. The van der Waals surface area contributed by atoms with E-state index in [2.05, 4.69) is 10.3 Å². The number of carboxylic acids is 1. The SMILES string of the molecule is O=C(O)COc1cccc2c(CCNC[C@H](O)COc3ccc(O)cc3)c[nH]c12. The van der Waals surface area contributed by atoms with Gasteiger partial charge in [-0.3, -0.25) is 0 Å². The summed E-state index contributed by atoms with van der Waals surface area (Å²) in [5, 5.41) is 32.2. The molecule has 0 amide bonds. The van der Waals surface area contributed by atoms with Gasteiger partial charge in [0.25, 0.3) is 0 Å². The van der Waals surface area contributed by atoms with Crippen molar-refractivity contribution in [3.63, 3.8) is 0 Å². The van der Waals surface area contributed by atoms with Gasteiger partial charge in [-0.05, 0) is 48.9 Å². The van der Waals surface area contributed by atoms with Crippen LogP contribution in [0.15, 0.2) is 48.7 Å². The molecule has 0 spiro atoms. The molecule has 8 nitrogen and oxygen atoms in total. The number of ether oxygens (including phenoxy) is 2. The van der Waals surface area contributed by atoms with Crippen LogP contribution in [-0.2, 0) is 11.2 Å². The number of aromatic hydroxyl groups is 1. The van der Waals surface area contributed by atoms with E-state index >= 15 is 0 Å². The number of hydrogen-bond acceptors (Lipinski definition) is 6. The summed E-state index contributed by atoms with van der Waals surface area (Å²) in [4.78, 5) is 13.8. The number of phenolic OH excluding ortho intramolecular Hbond substituents is 1. The van der Waals surface area contributed by atoms with Crippen molar-refractivity contribution in [2.45, 2.75) is 12.5 Å². The number of aliphatic hydroxyl groups excluding tert-OH is 1. The molecule has 0 aliphatic heterocycles. The maximum absolute atomic E-state index is 10.7. The lowest BCUT2D eigenvalue weighted by molar-refractivity contribution is -0.139. The van der Waals surface area contributed by atoms with Gasteiger partial charge in [0.05, 0.1) is 5.52 Å². The second-order valence-corrected chi connectivity index (χ2v) is 6.59. The second-order valence-electron chi connectivity index (χ2n) is 6.59. The summed E-state index contributed by atoms with van der Waals surface area (Å²) in [5.74, 6) is 0.232. The van der Waals surface area contributed by atoms with Gasteiger partial charge in [0.1, 0.15) is 30.0 Å². The third-order valence-electron chi connectivity index (χ3n) is 4.34. The summed E-state index contributed by atoms with van der Waals surface area (Å²) in [5.41, 5.74) is 1.84. The second kappa shape index (κ2) is 9.81. The summed E-state index contributed by atoms with van der Waals surface area (Å²) in [6.07, 6.45) is 1.95. The van der Waals surface area contributed by atoms with E-state index in [4.69, 9.17) is 14.6 Å². The predicted molar refractivity (Wildman–Crippen MR) is 108 cm³/mol. The number of fused-ring (bicyclic) bond motifs is 1. The minimum absolute atomic E-state index is 0.148. The third-order valence-corrected chi connectivity index (χ3v) is 4.34. The van der Waals surface area contributed by atoms with Crippen LogP contribution in [0.25, 0.3) is 10.9 Å². The van der Waals surface area contributed by atoms with E-state index in [1.54, 1.807) is 18.2 Å². The van der Waals surface area contributed by atoms with E-state index in [0.29, 0.717) is 24.6 Å². The van der Waals surface area contributed by atoms with Crippen LogP contribution in [0.4, 0.5) is 0 Å². The van der Waals surface area contributed by atoms with Crippen molar-refractivity contribution in [1.82, 2.24) is 10.3 Å². The quantitative estimate of drug-likeness (QED) is 0.312. The number of aromatic nitrogens is 1. The Balaban J connectivity index is 1.44. The molecule has 0 fully saturated rings. The van der Waals surface area contributed by atoms with Crippen LogP contribution in [0.2, 0.25) is 0 Å². The summed E-state index contributed by atoms with van der Waals surface area (Å²) in [6, 6.07) is 11.8. The summed E-state index contributed by atoms with van der Waals surface area (Å²) >= 11 is 0. The van der Waals surface area contributed by atoms with Gasteiger partial charge in [0.2, 0.25) is 0 Å². The molecular formula is C21H24N2O6. The van der Waals surface area contributed by atoms with Crippen molar-refractivity contribution in [1.29, 1.82) is 0 Å². The Bertz CT molecular complexity index is 938. The van der Waals surface area contributed by atoms with Gasteiger partial charge in [-0.1, -0.05) is 12.1 Å². The van der Waals surface area contributed by atoms with Crippen LogP contribution in [0.1, 0.15) is 5.56 Å². The first-order valence-corrected chi connectivity index (χ1v) is 9.27. The van der Waals surface area contributed by atoms with Crippen LogP contribution in [-0.4, -0.2) is 58.7 Å². The monoisotopic (exact) mass is 400 g/mol. The minimum Gasteiger partial charge on any atom is -0.508 e. The van der Waals surface area contributed by atoms with Gasteiger partial charge >= 0.3 is 5.97 Å². The molecule has 1 aromatic heterocycles. The number of benzene rings is 2. The molecule has 5 N–H and O–H groups in total. The van der Waals surface area contributed by atoms with E-state index in [1.165, 1.54) is 12.1 Å². The number of hydrogen-bond donors (Lipinski definition) is 5. The van der Waals surface area contributed by atoms with E-state index in [1.807, 2.05) is 18.3 Å². The highest BCUT2D eigenvalue weighted by molar-refractivity contribution is 5.88. The molecule has 1 atom stereocenters. The highest BCUT2D eigenvalue weighted by Gasteiger charge is 2.10. The Kier molecular flexibility index (Phi) is 6.94. The maximum atomic E-state index is 10.7. The Morgan fingerprint density at radius 1 is 1.14 bits per heavy atom. The Morgan fingerprint density at radius 2 is 1.93 bits per heavy atom. The lowest BCUT2D eigenvalue weighted by atomic mass is 10.1.